The Balaban J connectivity index is 1.98. The molecule has 0 fully saturated rings. The molecule has 31 heavy (non-hydrogen) atoms. The number of carbonyl (C=O) groups is 3. The van der Waals surface area contributed by atoms with Crippen molar-refractivity contribution in [3.8, 4) is 0 Å². The van der Waals surface area contributed by atoms with Gasteiger partial charge in [-0.3, -0.25) is 9.59 Å². The summed E-state index contributed by atoms with van der Waals surface area (Å²) in [5.41, 5.74) is 1.61. The van der Waals surface area contributed by atoms with E-state index in [2.05, 4.69) is 0 Å². The van der Waals surface area contributed by atoms with Gasteiger partial charge in [0.05, 0.1) is 12.3 Å². The second-order valence-electron chi connectivity index (χ2n) is 7.90. The Morgan fingerprint density at radius 1 is 0.742 bits per heavy atom. The summed E-state index contributed by atoms with van der Waals surface area (Å²) in [5.74, 6) is -2.06. The Morgan fingerprint density at radius 3 is 1.77 bits per heavy atom. The van der Waals surface area contributed by atoms with Gasteiger partial charge in [0, 0.05) is 0 Å². The molecule has 0 N–H and O–H groups in total. The zero-order valence-corrected chi connectivity index (χ0v) is 18.3. The molecule has 2 aromatic carbocycles. The van der Waals surface area contributed by atoms with Gasteiger partial charge < -0.3 is 14.2 Å². The number of hydrogen-bond donors (Lipinski definition) is 0. The molecule has 0 bridgehead atoms. The van der Waals surface area contributed by atoms with Crippen LogP contribution in [0.5, 0.6) is 0 Å². The Morgan fingerprint density at radius 2 is 1.26 bits per heavy atom. The van der Waals surface area contributed by atoms with E-state index in [0.717, 1.165) is 11.1 Å². The lowest BCUT2D eigenvalue weighted by atomic mass is 9.99. The lowest BCUT2D eigenvalue weighted by Crippen LogP contribution is -2.34. The zero-order chi connectivity index (χ0) is 22.6. The van der Waals surface area contributed by atoms with Crippen LogP contribution in [-0.2, 0) is 41.8 Å². The quantitative estimate of drug-likeness (QED) is 0.390. The number of hydrogen-bond acceptors (Lipinski definition) is 6. The van der Waals surface area contributed by atoms with E-state index in [-0.39, 0.29) is 13.2 Å². The maximum Gasteiger partial charge on any atom is 0.348 e. The van der Waals surface area contributed by atoms with Gasteiger partial charge in [-0.25, -0.2) is 4.79 Å². The summed E-state index contributed by atoms with van der Waals surface area (Å²) in [6, 6.07) is 18.3. The highest BCUT2D eigenvalue weighted by Gasteiger charge is 2.30. The molecule has 0 saturated heterocycles. The topological polar surface area (TPSA) is 78.9 Å². The third-order valence-electron chi connectivity index (χ3n) is 4.57. The van der Waals surface area contributed by atoms with E-state index in [0.29, 0.717) is 12.3 Å². The Bertz CT molecular complexity index is 832. The van der Waals surface area contributed by atoms with Crippen molar-refractivity contribution in [1.82, 2.24) is 0 Å². The lowest BCUT2D eigenvalue weighted by molar-refractivity contribution is -0.175. The van der Waals surface area contributed by atoms with Crippen LogP contribution in [0, 0.1) is 11.8 Å². The summed E-state index contributed by atoms with van der Waals surface area (Å²) in [5, 5.41) is 0. The lowest BCUT2D eigenvalue weighted by Gasteiger charge is -2.19. The van der Waals surface area contributed by atoms with Gasteiger partial charge in [-0.2, -0.15) is 0 Å². The van der Waals surface area contributed by atoms with Crippen molar-refractivity contribution in [2.45, 2.75) is 52.9 Å². The van der Waals surface area contributed by atoms with E-state index in [1.807, 2.05) is 74.5 Å². The van der Waals surface area contributed by atoms with Gasteiger partial charge >= 0.3 is 17.9 Å². The summed E-state index contributed by atoms with van der Waals surface area (Å²) < 4.78 is 15.9. The molecular weight excluding hydrogens is 396 g/mol. The highest BCUT2D eigenvalue weighted by atomic mass is 16.6. The monoisotopic (exact) mass is 426 g/mol. The molecule has 2 rings (SSSR count). The van der Waals surface area contributed by atoms with Crippen LogP contribution >= 0.6 is 0 Å². The summed E-state index contributed by atoms with van der Waals surface area (Å²) in [4.78, 5) is 37.4. The van der Waals surface area contributed by atoms with Gasteiger partial charge in [0.1, 0.15) is 13.2 Å². The minimum atomic E-state index is -1.35. The third-order valence-corrected chi connectivity index (χ3v) is 4.57. The Hall–Kier alpha value is -3.15. The Kier molecular flexibility index (Phi) is 9.75. The Labute approximate surface area is 183 Å². The zero-order valence-electron chi connectivity index (χ0n) is 18.3. The summed E-state index contributed by atoms with van der Waals surface area (Å²) >= 11 is 0. The second kappa shape index (κ2) is 12.5. The van der Waals surface area contributed by atoms with Gasteiger partial charge in [-0.15, -0.1) is 0 Å². The first-order valence-electron chi connectivity index (χ1n) is 10.5. The average molecular weight is 427 g/mol. The molecule has 0 aliphatic heterocycles. The van der Waals surface area contributed by atoms with Crippen molar-refractivity contribution in [2.24, 2.45) is 11.8 Å². The fourth-order valence-corrected chi connectivity index (χ4v) is 3.00. The van der Waals surface area contributed by atoms with Crippen molar-refractivity contribution in [2.75, 3.05) is 0 Å². The normalized spacial score (nSPS) is 12.6. The molecule has 0 heterocycles. The van der Waals surface area contributed by atoms with Crippen molar-refractivity contribution in [1.29, 1.82) is 0 Å². The third kappa shape index (κ3) is 9.03. The number of esters is 3. The fraction of sp³-hybridized carbons (Fsp3) is 0.400. The molecule has 0 spiro atoms. The largest absolute Gasteiger partial charge is 0.461 e. The highest BCUT2D eigenvalue weighted by Crippen LogP contribution is 2.16. The van der Waals surface area contributed by atoms with Crippen molar-refractivity contribution in [3.05, 3.63) is 71.8 Å². The number of carbonyl (C=O) groups excluding carboxylic acids is 3. The van der Waals surface area contributed by atoms with Gasteiger partial charge in [-0.1, -0.05) is 81.4 Å². The summed E-state index contributed by atoms with van der Waals surface area (Å²) in [7, 11) is 0. The van der Waals surface area contributed by atoms with E-state index in [9.17, 15) is 14.4 Å². The van der Waals surface area contributed by atoms with Crippen molar-refractivity contribution < 1.29 is 28.6 Å². The van der Waals surface area contributed by atoms with Gasteiger partial charge in [0.25, 0.3) is 0 Å². The van der Waals surface area contributed by atoms with E-state index >= 15 is 0 Å². The molecule has 2 unspecified atom stereocenters. The van der Waals surface area contributed by atoms with Gasteiger partial charge in [-0.05, 0) is 23.5 Å². The van der Waals surface area contributed by atoms with Crippen LogP contribution in [0.15, 0.2) is 60.7 Å². The predicted octanol–water partition coefficient (Wildman–Crippen LogP) is 4.46. The maximum absolute atomic E-state index is 12.6. The first kappa shape index (κ1) is 24.1. The van der Waals surface area contributed by atoms with E-state index in [1.54, 1.807) is 6.92 Å². The van der Waals surface area contributed by atoms with Crippen LogP contribution in [-0.4, -0.2) is 24.0 Å². The fourth-order valence-electron chi connectivity index (χ4n) is 3.00. The second-order valence-corrected chi connectivity index (χ2v) is 7.90. The smallest absolute Gasteiger partial charge is 0.348 e. The van der Waals surface area contributed by atoms with Crippen LogP contribution in [0.2, 0.25) is 0 Å². The predicted molar refractivity (Wildman–Crippen MR) is 116 cm³/mol. The molecule has 166 valence electrons. The molecule has 2 atom stereocenters. The summed E-state index contributed by atoms with van der Waals surface area (Å²) in [6.07, 6.45) is -1.14. The molecule has 0 radical (unpaired) electrons. The highest BCUT2D eigenvalue weighted by molar-refractivity contribution is 5.85. The van der Waals surface area contributed by atoms with E-state index in [1.165, 1.54) is 0 Å². The molecule has 0 aliphatic carbocycles. The van der Waals surface area contributed by atoms with Crippen LogP contribution in [0.1, 0.15) is 44.7 Å². The van der Waals surface area contributed by atoms with Crippen molar-refractivity contribution in [3.63, 3.8) is 0 Å². The summed E-state index contributed by atoms with van der Waals surface area (Å²) in [6.45, 7) is 5.83. The number of benzene rings is 2. The average Bonchev–Trinajstić information content (AvgIpc) is 2.76. The molecular formula is C25H30O6. The van der Waals surface area contributed by atoms with Crippen LogP contribution in [0.3, 0.4) is 0 Å². The first-order valence-corrected chi connectivity index (χ1v) is 10.5. The van der Waals surface area contributed by atoms with Crippen molar-refractivity contribution >= 4 is 17.9 Å². The number of rotatable bonds is 11. The SMILES string of the molecule is CC(C)CC(C)C(=O)OC(CC(=O)OCc1ccccc1)C(=O)OCc1ccccc1. The van der Waals surface area contributed by atoms with E-state index < -0.39 is 36.4 Å². The minimum absolute atomic E-state index is 0.0222. The van der Waals surface area contributed by atoms with Gasteiger partial charge in [0.2, 0.25) is 6.10 Å². The maximum atomic E-state index is 12.6. The molecule has 6 nitrogen and oxygen atoms in total. The number of ether oxygens (including phenoxy) is 3. The standard InChI is InChI=1S/C25H30O6/c1-18(2)14-19(3)24(27)31-22(25(28)30-17-21-12-8-5-9-13-21)15-23(26)29-16-20-10-6-4-7-11-20/h4-13,18-19,22H,14-17H2,1-3H3. The molecule has 0 aromatic heterocycles. The minimum Gasteiger partial charge on any atom is -0.461 e. The first-order chi connectivity index (χ1) is 14.8. The van der Waals surface area contributed by atoms with E-state index in [4.69, 9.17) is 14.2 Å². The van der Waals surface area contributed by atoms with Crippen LogP contribution in [0.4, 0.5) is 0 Å². The molecule has 2 aromatic rings. The molecule has 6 heteroatoms. The molecule has 0 aliphatic rings. The van der Waals surface area contributed by atoms with Crippen LogP contribution < -0.4 is 0 Å². The van der Waals surface area contributed by atoms with Gasteiger partial charge in [0.15, 0.2) is 0 Å². The van der Waals surface area contributed by atoms with Crippen LogP contribution in [0.25, 0.3) is 0 Å². The molecule has 0 amide bonds. The molecule has 0 saturated carbocycles.